The highest BCUT2D eigenvalue weighted by Gasteiger charge is 2.34. The van der Waals surface area contributed by atoms with E-state index in [9.17, 15) is 14.7 Å². The molecule has 1 aromatic heterocycles. The molecule has 2 fully saturated rings. The van der Waals surface area contributed by atoms with Gasteiger partial charge in [-0.15, -0.1) is 0 Å². The fourth-order valence-corrected chi connectivity index (χ4v) is 5.80. The maximum absolute atomic E-state index is 12.8. The van der Waals surface area contributed by atoms with Gasteiger partial charge in [0.05, 0.1) is 6.61 Å². The molecule has 1 N–H and O–H groups in total. The number of aliphatic hydroxyl groups is 1. The van der Waals surface area contributed by atoms with E-state index in [1.807, 2.05) is 24.5 Å². The third kappa shape index (κ3) is 6.67. The Bertz CT molecular complexity index is 1160. The van der Waals surface area contributed by atoms with Crippen LogP contribution in [0.2, 0.25) is 0 Å². The number of carbonyl (C=O) groups is 2. The molecule has 0 saturated carbocycles. The molecule has 0 bridgehead atoms. The number of likely N-dealkylation sites (tertiary alicyclic amines) is 1. The number of hydrogen-bond acceptors (Lipinski definition) is 7. The van der Waals surface area contributed by atoms with Crippen molar-refractivity contribution < 1.29 is 19.4 Å². The smallest absolute Gasteiger partial charge is 0.290 e. The molecule has 2 saturated heterocycles. The van der Waals surface area contributed by atoms with Crippen LogP contribution in [0.25, 0.3) is 5.57 Å². The third-order valence-corrected chi connectivity index (χ3v) is 8.53. The average molecular weight is 533 g/mol. The lowest BCUT2D eigenvalue weighted by Gasteiger charge is -2.31. The van der Waals surface area contributed by atoms with Gasteiger partial charge in [0.2, 0.25) is 11.7 Å². The number of hydrogen-bond donors (Lipinski definition) is 1. The number of anilines is 1. The number of carbonyl (C=O) groups excluding carboxylic acids is 2. The summed E-state index contributed by atoms with van der Waals surface area (Å²) in [6.07, 6.45) is 11.9. The maximum Gasteiger partial charge on any atom is 0.290 e. The first-order valence-electron chi connectivity index (χ1n) is 14.5. The van der Waals surface area contributed by atoms with Crippen LogP contribution in [0.4, 0.5) is 5.95 Å². The van der Waals surface area contributed by atoms with Crippen molar-refractivity contribution in [2.75, 3.05) is 44.3 Å². The molecule has 2 aliphatic heterocycles. The van der Waals surface area contributed by atoms with Crippen molar-refractivity contribution in [2.24, 2.45) is 17.8 Å². The quantitative estimate of drug-likeness (QED) is 0.489. The molecule has 3 aliphatic rings. The highest BCUT2D eigenvalue weighted by atomic mass is 16.5. The second-order valence-corrected chi connectivity index (χ2v) is 11.2. The third-order valence-electron chi connectivity index (χ3n) is 8.53. The Labute approximate surface area is 231 Å². The number of Topliss-reactive ketones (excluding diaryl/α,β-unsaturated/α-hetero) is 1. The number of ether oxygens (including phenoxy) is 1. The van der Waals surface area contributed by atoms with E-state index in [2.05, 4.69) is 40.0 Å². The monoisotopic (exact) mass is 532 g/mol. The lowest BCUT2D eigenvalue weighted by atomic mass is 9.84. The second-order valence-electron chi connectivity index (χ2n) is 11.2. The highest BCUT2D eigenvalue weighted by molar-refractivity contribution is 6.37. The van der Waals surface area contributed by atoms with Crippen LogP contribution in [0.15, 0.2) is 42.7 Å². The molecule has 3 heterocycles. The highest BCUT2D eigenvalue weighted by Crippen LogP contribution is 2.32. The van der Waals surface area contributed by atoms with Crippen molar-refractivity contribution in [1.29, 1.82) is 0 Å². The van der Waals surface area contributed by atoms with Gasteiger partial charge in [0.1, 0.15) is 5.75 Å². The van der Waals surface area contributed by atoms with E-state index < -0.39 is 0 Å². The number of allylic oxidation sites excluding steroid dienone is 2. The number of benzene rings is 1. The van der Waals surface area contributed by atoms with E-state index in [4.69, 9.17) is 4.74 Å². The number of rotatable bonds is 9. The van der Waals surface area contributed by atoms with Gasteiger partial charge in [-0.05, 0) is 79.7 Å². The van der Waals surface area contributed by atoms with Crippen LogP contribution in [0.5, 0.6) is 5.75 Å². The average Bonchev–Trinajstić information content (AvgIpc) is 3.49. The molecule has 39 heavy (non-hydrogen) atoms. The van der Waals surface area contributed by atoms with E-state index in [1.165, 1.54) is 5.57 Å². The molecule has 1 unspecified atom stereocenters. The molecular weight excluding hydrogens is 492 g/mol. The molecule has 1 amide bonds. The normalized spacial score (nSPS) is 22.1. The number of amides is 1. The van der Waals surface area contributed by atoms with E-state index in [-0.39, 0.29) is 30.1 Å². The van der Waals surface area contributed by atoms with Crippen LogP contribution in [0.1, 0.15) is 56.6 Å². The van der Waals surface area contributed by atoms with E-state index in [0.717, 1.165) is 68.0 Å². The van der Waals surface area contributed by atoms with Crippen LogP contribution < -0.4 is 9.64 Å². The summed E-state index contributed by atoms with van der Waals surface area (Å²) in [5, 5.41) is 9.31. The Morgan fingerprint density at radius 3 is 2.33 bits per heavy atom. The van der Waals surface area contributed by atoms with Gasteiger partial charge < -0.3 is 19.6 Å². The molecule has 1 aromatic carbocycles. The summed E-state index contributed by atoms with van der Waals surface area (Å²) in [5.74, 6) is 1.42. The zero-order chi connectivity index (χ0) is 27.2. The molecule has 5 rings (SSSR count). The number of ketones is 1. The summed E-state index contributed by atoms with van der Waals surface area (Å²) in [6.45, 7) is 5.84. The van der Waals surface area contributed by atoms with Crippen molar-refractivity contribution in [1.82, 2.24) is 14.9 Å². The van der Waals surface area contributed by atoms with Gasteiger partial charge in [0.15, 0.2) is 0 Å². The zero-order valence-electron chi connectivity index (χ0n) is 22.9. The van der Waals surface area contributed by atoms with Crippen LogP contribution in [-0.2, 0) is 16.0 Å². The molecule has 2 atom stereocenters. The Kier molecular flexibility index (Phi) is 8.91. The zero-order valence-corrected chi connectivity index (χ0v) is 22.9. The lowest BCUT2D eigenvalue weighted by Crippen LogP contribution is -2.38. The van der Waals surface area contributed by atoms with Crippen molar-refractivity contribution >= 4 is 23.2 Å². The number of aryl methyl sites for hydroxylation is 1. The minimum atomic E-state index is -0.376. The molecule has 8 heteroatoms. The molecule has 208 valence electrons. The van der Waals surface area contributed by atoms with Gasteiger partial charge in [-0.1, -0.05) is 25.1 Å². The van der Waals surface area contributed by atoms with Gasteiger partial charge in [0, 0.05) is 57.0 Å². The van der Waals surface area contributed by atoms with E-state index >= 15 is 0 Å². The second kappa shape index (κ2) is 12.7. The first-order valence-corrected chi connectivity index (χ1v) is 14.5. The summed E-state index contributed by atoms with van der Waals surface area (Å²) >= 11 is 0. The van der Waals surface area contributed by atoms with Crippen molar-refractivity contribution in [3.8, 4) is 5.75 Å². The summed E-state index contributed by atoms with van der Waals surface area (Å²) in [5.41, 5.74) is 3.53. The van der Waals surface area contributed by atoms with Crippen molar-refractivity contribution in [3.63, 3.8) is 0 Å². The summed E-state index contributed by atoms with van der Waals surface area (Å²) in [7, 11) is 0. The number of aromatic nitrogens is 2. The van der Waals surface area contributed by atoms with E-state index in [0.29, 0.717) is 38.5 Å². The molecule has 8 nitrogen and oxygen atoms in total. The Morgan fingerprint density at radius 2 is 1.72 bits per heavy atom. The topological polar surface area (TPSA) is 95.9 Å². The Morgan fingerprint density at radius 1 is 1.00 bits per heavy atom. The number of piperidine rings is 1. The summed E-state index contributed by atoms with van der Waals surface area (Å²) < 4.78 is 6.13. The van der Waals surface area contributed by atoms with Crippen molar-refractivity contribution in [2.45, 2.75) is 51.9 Å². The molecule has 0 spiro atoms. The standard InChI is InChI=1S/C31H40N4O4/c1-2-22-17-32-31(33-18-22)34-14-11-23(12-15-34)21-39-28-9-7-26(8-10-28)25-3-5-27(6-4-25)29(37)30(38)35-16-13-24(19-35)20-36/h3,7-10,17-18,23-24,27,36H,2,4-6,11-16,19-21H2,1H3/t24-,27?/m1/s1. The first-order chi connectivity index (χ1) is 19.0. The van der Waals surface area contributed by atoms with Gasteiger partial charge in [-0.3, -0.25) is 9.59 Å². The fourth-order valence-electron chi connectivity index (χ4n) is 5.80. The predicted octanol–water partition coefficient (Wildman–Crippen LogP) is 3.93. The SMILES string of the molecule is CCc1cnc(N2CCC(COc3ccc(C4=CCC(C(=O)C(=O)N5CC[C@@H](CO)C5)CC4)cc3)CC2)nc1. The summed E-state index contributed by atoms with van der Waals surface area (Å²) in [6, 6.07) is 8.24. The van der Waals surface area contributed by atoms with E-state index in [1.54, 1.807) is 4.90 Å². The Balaban J connectivity index is 1.06. The van der Waals surface area contributed by atoms with Crippen LogP contribution in [-0.4, -0.2) is 71.1 Å². The lowest BCUT2D eigenvalue weighted by molar-refractivity contribution is -0.146. The first kappa shape index (κ1) is 27.3. The molecule has 1 aliphatic carbocycles. The van der Waals surface area contributed by atoms with Crippen LogP contribution in [0, 0.1) is 17.8 Å². The maximum atomic E-state index is 12.8. The number of aliphatic hydroxyl groups excluding tert-OH is 1. The number of nitrogens with zero attached hydrogens (tertiary/aromatic N) is 4. The van der Waals surface area contributed by atoms with Gasteiger partial charge in [-0.25, -0.2) is 9.97 Å². The minimum absolute atomic E-state index is 0.0705. The van der Waals surface area contributed by atoms with Gasteiger partial charge in [-0.2, -0.15) is 0 Å². The fraction of sp³-hybridized carbons (Fsp3) is 0.548. The minimum Gasteiger partial charge on any atom is -0.493 e. The van der Waals surface area contributed by atoms with Gasteiger partial charge in [0.25, 0.3) is 5.91 Å². The molecule has 0 radical (unpaired) electrons. The largest absolute Gasteiger partial charge is 0.493 e. The molecular formula is C31H40N4O4. The predicted molar refractivity (Wildman–Crippen MR) is 150 cm³/mol. The summed E-state index contributed by atoms with van der Waals surface area (Å²) in [4.78, 5) is 38.3. The van der Waals surface area contributed by atoms with Crippen LogP contribution in [0.3, 0.4) is 0 Å². The Hall–Kier alpha value is -3.26. The van der Waals surface area contributed by atoms with Crippen molar-refractivity contribution in [3.05, 3.63) is 53.9 Å². The van der Waals surface area contributed by atoms with Gasteiger partial charge >= 0.3 is 0 Å². The van der Waals surface area contributed by atoms with Crippen LogP contribution >= 0.6 is 0 Å². The molecule has 2 aromatic rings.